The van der Waals surface area contributed by atoms with Crippen molar-refractivity contribution in [3.63, 3.8) is 0 Å². The van der Waals surface area contributed by atoms with Gasteiger partial charge in [-0.25, -0.2) is 0 Å². The van der Waals surface area contributed by atoms with Gasteiger partial charge in [-0.1, -0.05) is 0 Å². The quantitative estimate of drug-likeness (QED) is 0.498. The van der Waals surface area contributed by atoms with Gasteiger partial charge < -0.3 is 9.41 Å². The molecule has 2 aliphatic carbocycles. The van der Waals surface area contributed by atoms with Crippen molar-refractivity contribution in [1.29, 1.82) is 0 Å². The summed E-state index contributed by atoms with van der Waals surface area (Å²) in [6.45, 7) is 0. The molecule has 0 bridgehead atoms. The van der Waals surface area contributed by atoms with Crippen LogP contribution in [0, 0.1) is 11.8 Å². The molecule has 4 nitrogen and oxygen atoms in total. The molecular weight excluding hydrogens is 338 g/mol. The van der Waals surface area contributed by atoms with Gasteiger partial charge in [0, 0.05) is 0 Å². The molecule has 0 aliphatic heterocycles. The zero-order valence-electron chi connectivity index (χ0n) is 14.2. The third kappa shape index (κ3) is 6.50. The van der Waals surface area contributed by atoms with E-state index >= 15 is 0 Å². The minimum absolute atomic E-state index is 0. The van der Waals surface area contributed by atoms with E-state index in [-0.39, 0.29) is 33.1 Å². The number of hydrogen-bond acceptors (Lipinski definition) is 2. The van der Waals surface area contributed by atoms with Crippen LogP contribution in [-0.4, -0.2) is 32.7 Å². The van der Waals surface area contributed by atoms with Crippen molar-refractivity contribution in [3.05, 3.63) is 0 Å². The van der Waals surface area contributed by atoms with Crippen molar-refractivity contribution in [3.8, 4) is 0 Å². The van der Waals surface area contributed by atoms with E-state index in [1.165, 1.54) is 38.5 Å². The summed E-state index contributed by atoms with van der Waals surface area (Å²) in [6.07, 6.45) is 11.4. The second kappa shape index (κ2) is 11.1. The van der Waals surface area contributed by atoms with Crippen LogP contribution in [0.2, 0.25) is 0 Å². The molecule has 0 aromatic heterocycles. The van der Waals surface area contributed by atoms with Crippen molar-refractivity contribution in [2.24, 2.45) is 11.8 Å². The SMILES string of the molecule is C[N]([Ti+2][N](C)C(=O)C1CCCCC1)C(=O)C1CCCCC1.[F-].[F-]. The van der Waals surface area contributed by atoms with Gasteiger partial charge in [0.1, 0.15) is 0 Å². The molecule has 0 N–H and O–H groups in total. The normalized spacial score (nSPS) is 18.9. The zero-order chi connectivity index (χ0) is 15.2. The fourth-order valence-electron chi connectivity index (χ4n) is 3.57. The van der Waals surface area contributed by atoms with Crippen LogP contribution in [0.1, 0.15) is 64.2 Å². The van der Waals surface area contributed by atoms with Crippen LogP contribution in [0.5, 0.6) is 0 Å². The van der Waals surface area contributed by atoms with Gasteiger partial charge in [0.05, 0.1) is 0 Å². The van der Waals surface area contributed by atoms with Crippen LogP contribution in [-0.2, 0) is 29.3 Å². The monoisotopic (exact) mass is 366 g/mol. The van der Waals surface area contributed by atoms with E-state index in [2.05, 4.69) is 0 Å². The fraction of sp³-hybridized carbons (Fsp3) is 0.875. The Kier molecular flexibility index (Phi) is 10.9. The Labute approximate surface area is 147 Å². The topological polar surface area (TPSA) is 40.6 Å². The first-order valence-corrected chi connectivity index (χ1v) is 9.80. The second-order valence-electron chi connectivity index (χ2n) is 6.56. The average molecular weight is 366 g/mol. The molecule has 23 heavy (non-hydrogen) atoms. The molecule has 2 saturated carbocycles. The molecule has 0 unspecified atom stereocenters. The van der Waals surface area contributed by atoms with Crippen LogP contribution in [0.25, 0.3) is 0 Å². The van der Waals surface area contributed by atoms with Crippen molar-refractivity contribution >= 4 is 11.8 Å². The molecule has 2 aliphatic rings. The number of hydrogen-bond donors (Lipinski definition) is 0. The molecule has 0 aromatic rings. The fourth-order valence-corrected chi connectivity index (χ4v) is 5.15. The molecule has 0 spiro atoms. The van der Waals surface area contributed by atoms with Gasteiger partial charge in [-0.15, -0.1) is 0 Å². The smallest absolute Gasteiger partial charge is 1.00 e. The molecular formula is C16H28F2N2O2Ti. The number of amides is 2. The molecule has 0 heterocycles. The van der Waals surface area contributed by atoms with Crippen molar-refractivity contribution < 1.29 is 38.7 Å². The minimum atomic E-state index is -0.818. The Morgan fingerprint density at radius 1 is 0.696 bits per heavy atom. The Morgan fingerprint density at radius 2 is 1.00 bits per heavy atom. The number of carbonyl (C=O) groups excluding carboxylic acids is 2. The molecule has 0 radical (unpaired) electrons. The summed E-state index contributed by atoms with van der Waals surface area (Å²) in [7, 11) is 3.78. The Balaban J connectivity index is 0.00000242. The predicted octanol–water partition coefficient (Wildman–Crippen LogP) is -3.02. The van der Waals surface area contributed by atoms with Crippen LogP contribution in [0.3, 0.4) is 0 Å². The summed E-state index contributed by atoms with van der Waals surface area (Å²) >= 11 is -0.818. The average Bonchev–Trinajstić information content (AvgIpc) is 2.55. The van der Waals surface area contributed by atoms with Crippen LogP contribution < -0.4 is 9.41 Å². The summed E-state index contributed by atoms with van der Waals surface area (Å²) in [5.74, 6) is 0.979. The van der Waals surface area contributed by atoms with Gasteiger partial charge in [-0.3, -0.25) is 0 Å². The van der Waals surface area contributed by atoms with Gasteiger partial charge in [-0.2, -0.15) is 0 Å². The zero-order valence-corrected chi connectivity index (χ0v) is 15.8. The minimum Gasteiger partial charge on any atom is -1.00 e. The third-order valence-electron chi connectivity index (χ3n) is 4.87. The Morgan fingerprint density at radius 3 is 1.30 bits per heavy atom. The number of halogens is 2. The molecule has 0 saturated heterocycles. The Bertz CT molecular complexity index is 339. The Hall–Kier alpha value is -0.486. The van der Waals surface area contributed by atoms with Crippen LogP contribution >= 0.6 is 0 Å². The molecule has 2 rings (SSSR count). The molecule has 2 amide bonds. The second-order valence-corrected chi connectivity index (χ2v) is 8.97. The van der Waals surface area contributed by atoms with Crippen LogP contribution in [0.4, 0.5) is 0 Å². The maximum absolute atomic E-state index is 12.5. The first kappa shape index (κ1) is 22.5. The van der Waals surface area contributed by atoms with E-state index in [0.717, 1.165) is 25.7 Å². The van der Waals surface area contributed by atoms with Crippen molar-refractivity contribution in [2.45, 2.75) is 64.2 Å². The molecule has 2 fully saturated rings. The van der Waals surface area contributed by atoms with Crippen LogP contribution in [0.15, 0.2) is 0 Å². The molecule has 0 aromatic carbocycles. The first-order valence-electron chi connectivity index (χ1n) is 8.41. The third-order valence-corrected chi connectivity index (χ3v) is 6.50. The summed E-state index contributed by atoms with van der Waals surface area (Å²) < 4.78 is 3.74. The van der Waals surface area contributed by atoms with E-state index in [1.54, 1.807) is 0 Å². The summed E-state index contributed by atoms with van der Waals surface area (Å²) in [6, 6.07) is 0. The van der Waals surface area contributed by atoms with E-state index < -0.39 is 19.7 Å². The first-order chi connectivity index (χ1) is 10.1. The van der Waals surface area contributed by atoms with E-state index in [4.69, 9.17) is 0 Å². The predicted molar refractivity (Wildman–Crippen MR) is 78.7 cm³/mol. The van der Waals surface area contributed by atoms with Gasteiger partial charge in [-0.05, 0) is 0 Å². The van der Waals surface area contributed by atoms with E-state index in [0.29, 0.717) is 0 Å². The summed E-state index contributed by atoms with van der Waals surface area (Å²) in [5.41, 5.74) is 0. The number of nitrogens with zero attached hydrogens (tertiary/aromatic N) is 2. The van der Waals surface area contributed by atoms with Gasteiger partial charge >= 0.3 is 138 Å². The largest absolute Gasteiger partial charge is 1.00 e. The maximum atomic E-state index is 12.5. The van der Waals surface area contributed by atoms with Gasteiger partial charge in [0.15, 0.2) is 0 Å². The van der Waals surface area contributed by atoms with Crippen molar-refractivity contribution in [1.82, 2.24) is 6.76 Å². The maximum Gasteiger partial charge on any atom is -1.00 e. The number of carbonyl (C=O) groups is 2. The number of rotatable bonds is 4. The molecule has 7 heteroatoms. The molecule has 0 atom stereocenters. The van der Waals surface area contributed by atoms with E-state index in [9.17, 15) is 9.59 Å². The standard InChI is InChI=1S/2C8H15NO.2FH.Ti/c2*1-9-8(10)7-5-3-2-4-6-7;;;/h2*7H,2-6H2,1H3,(H,9,10);2*1H;/q;;;;+4/p-4. The van der Waals surface area contributed by atoms with Gasteiger partial charge in [0.25, 0.3) is 0 Å². The van der Waals surface area contributed by atoms with Crippen molar-refractivity contribution in [2.75, 3.05) is 14.1 Å². The summed E-state index contributed by atoms with van der Waals surface area (Å²) in [5, 5.41) is 0. The van der Waals surface area contributed by atoms with Gasteiger partial charge in [0.2, 0.25) is 0 Å². The van der Waals surface area contributed by atoms with E-state index in [1.807, 2.05) is 20.9 Å². The summed E-state index contributed by atoms with van der Waals surface area (Å²) in [4.78, 5) is 24.9. The molecule has 132 valence electrons.